The predicted molar refractivity (Wildman–Crippen MR) is 290 cm³/mol. The minimum absolute atomic E-state index is 0.0597. The monoisotopic (exact) mass is 1020 g/mol. The van der Waals surface area contributed by atoms with Gasteiger partial charge in [-0.15, -0.1) is 0 Å². The van der Waals surface area contributed by atoms with Crippen molar-refractivity contribution in [2.75, 3.05) is 26.2 Å². The van der Waals surface area contributed by atoms with Crippen molar-refractivity contribution >= 4 is 61.9 Å². The van der Waals surface area contributed by atoms with Gasteiger partial charge >= 0.3 is 5.97 Å². The van der Waals surface area contributed by atoms with Gasteiger partial charge < -0.3 is 48.8 Å². The van der Waals surface area contributed by atoms with E-state index < -0.39 is 18.2 Å². The molecular weight excluding hydrogens is 959 g/mol. The molecule has 76 heavy (non-hydrogen) atoms. The first-order valence-electron chi connectivity index (χ1n) is 26.7. The minimum atomic E-state index is -0.661. The van der Waals surface area contributed by atoms with Crippen LogP contribution in [0.4, 0.5) is 0 Å². The fourth-order valence-electron chi connectivity index (χ4n) is 11.1. The number of ether oxygens (including phenoxy) is 1. The number of esters is 1. The Hall–Kier alpha value is -7.73. The van der Waals surface area contributed by atoms with Crippen LogP contribution >= 0.6 is 0 Å². The maximum Gasteiger partial charge on any atom is 0.306 e. The van der Waals surface area contributed by atoms with Gasteiger partial charge in [0.15, 0.2) is 11.6 Å². The minimum Gasteiger partial charge on any atom is -0.461 e. The van der Waals surface area contributed by atoms with Gasteiger partial charge in [0.25, 0.3) is 11.8 Å². The summed E-state index contributed by atoms with van der Waals surface area (Å²) in [5, 5.41) is 22.7. The highest BCUT2D eigenvalue weighted by Crippen LogP contribution is 2.38. The van der Waals surface area contributed by atoms with E-state index in [1.54, 1.807) is 9.80 Å². The lowest BCUT2D eigenvalue weighted by molar-refractivity contribution is -0.147. The summed E-state index contributed by atoms with van der Waals surface area (Å²) >= 11 is 0. The number of carbonyl (C=O) groups is 3. The third-order valence-electron chi connectivity index (χ3n) is 15.9. The van der Waals surface area contributed by atoms with Crippen LogP contribution in [0.1, 0.15) is 71.2 Å². The van der Waals surface area contributed by atoms with E-state index in [1.165, 1.54) is 25.7 Å². The summed E-state index contributed by atoms with van der Waals surface area (Å²) in [6, 6.07) is 32.8. The van der Waals surface area contributed by atoms with Crippen molar-refractivity contribution in [3.05, 3.63) is 132 Å². The van der Waals surface area contributed by atoms with Crippen LogP contribution in [0.15, 0.2) is 116 Å². The number of likely N-dealkylation sites (tertiary alicyclic amines) is 2. The average Bonchev–Trinajstić information content (AvgIpc) is 4.41. The van der Waals surface area contributed by atoms with Crippen molar-refractivity contribution in [2.45, 2.75) is 82.9 Å². The predicted octanol–water partition coefficient (Wildman–Crippen LogP) is 7.49. The summed E-state index contributed by atoms with van der Waals surface area (Å²) in [6.45, 7) is 3.65. The second-order valence-electron chi connectivity index (χ2n) is 21.4. The number of nitrogens with zero attached hydrogens (tertiary/aromatic N) is 10. The van der Waals surface area contributed by atoms with Crippen LogP contribution in [0, 0.1) is 17.8 Å². The zero-order valence-corrected chi connectivity index (χ0v) is 42.9. The molecule has 6 aromatic heterocycles. The number of piperidine rings is 2. The van der Waals surface area contributed by atoms with Crippen molar-refractivity contribution in [2.24, 2.45) is 37.6 Å². The number of amides is 2. The highest BCUT2D eigenvalue weighted by Gasteiger charge is 2.34. The van der Waals surface area contributed by atoms with Gasteiger partial charge in [-0.05, 0) is 129 Å². The van der Waals surface area contributed by atoms with E-state index in [2.05, 4.69) is 52.5 Å². The lowest BCUT2D eigenvalue weighted by atomic mass is 9.91. The summed E-state index contributed by atoms with van der Waals surface area (Å²) in [7, 11) is 4.02. The molecule has 9 aromatic rings. The number of rotatable bonds is 12. The van der Waals surface area contributed by atoms with Crippen LogP contribution in [-0.4, -0.2) is 120 Å². The van der Waals surface area contributed by atoms with Gasteiger partial charge in [-0.25, -0.2) is 19.9 Å². The third kappa shape index (κ3) is 9.85. The average molecular weight is 1020 g/mol. The van der Waals surface area contributed by atoms with Gasteiger partial charge in [-0.1, -0.05) is 30.3 Å². The molecule has 2 aliphatic carbocycles. The number of hydrogen-bond acceptors (Lipinski definition) is 11. The topological polar surface area (TPSA) is 205 Å². The quantitative estimate of drug-likeness (QED) is 0.102. The third-order valence-corrected chi connectivity index (χ3v) is 15.9. The molecule has 0 unspecified atom stereocenters. The number of aromatic nitrogens is 8. The number of fused-ring (bicyclic) bond motifs is 4. The molecule has 13 rings (SSSR count). The molecule has 390 valence electrons. The van der Waals surface area contributed by atoms with Crippen molar-refractivity contribution in [3.8, 4) is 23.0 Å². The lowest BCUT2D eigenvalue weighted by Gasteiger charge is -2.35. The second-order valence-corrected chi connectivity index (χ2v) is 21.4. The number of benzene rings is 3. The van der Waals surface area contributed by atoms with Crippen LogP contribution < -0.4 is 5.73 Å². The molecule has 8 heterocycles. The number of pyridine rings is 2. The lowest BCUT2D eigenvalue weighted by Crippen LogP contribution is -2.53. The van der Waals surface area contributed by atoms with Gasteiger partial charge in [0, 0.05) is 99.6 Å². The standard InChI is InChI=1S/C34H35N5O4.C25H28N6O2/c1-37-28-12-11-25(16-27(28)36-33(37)29-17-24-8-5-14-35-32(24)39(29)19-22-9-10-22)34(42)38-15-13-30(40)26(20-38)18-31(41)43-21-23-6-3-2-4-7-23;1-29-20-7-6-17(25(33)30-10-8-22(32)18(26)14-30)11-19(20)28-24(29)21-12-16-3-2-9-27-23(16)31(21)13-15-4-5-15/h2-8,11-12,14,16-17,22,26,30,40H,9-10,13,15,18-21H2,1H3;2-3,6-7,9,11-12,15,18,22,32H,4-5,8,10,13-14,26H2,1H3/t26-,30-;18-,22-/m00/s1. The molecular formula is C59H63N11O6. The van der Waals surface area contributed by atoms with Crippen molar-refractivity contribution in [1.82, 2.24) is 48.0 Å². The Balaban J connectivity index is 0.000000159. The Morgan fingerprint density at radius 3 is 1.64 bits per heavy atom. The normalized spacial score (nSPS) is 19.9. The molecule has 0 radical (unpaired) electrons. The summed E-state index contributed by atoms with van der Waals surface area (Å²) < 4.78 is 14.2. The Morgan fingerprint density at radius 1 is 0.618 bits per heavy atom. The molecule has 2 aliphatic heterocycles. The largest absolute Gasteiger partial charge is 0.461 e. The first kappa shape index (κ1) is 49.2. The molecule has 17 heteroatoms. The molecule has 4 fully saturated rings. The van der Waals surface area contributed by atoms with E-state index in [9.17, 15) is 24.6 Å². The Labute approximate surface area is 439 Å². The van der Waals surface area contributed by atoms with E-state index in [0.29, 0.717) is 62.0 Å². The van der Waals surface area contributed by atoms with Gasteiger partial charge in [0.1, 0.15) is 17.9 Å². The number of imidazole rings is 2. The van der Waals surface area contributed by atoms with Crippen LogP contribution in [0.3, 0.4) is 0 Å². The number of hydrogen-bond donors (Lipinski definition) is 3. The van der Waals surface area contributed by atoms with Gasteiger partial charge in [0.2, 0.25) is 0 Å². The van der Waals surface area contributed by atoms with E-state index in [0.717, 1.165) is 85.8 Å². The summed E-state index contributed by atoms with van der Waals surface area (Å²) in [5.41, 5.74) is 15.5. The molecule has 0 spiro atoms. The zero-order valence-electron chi connectivity index (χ0n) is 42.9. The van der Waals surface area contributed by atoms with E-state index in [4.69, 9.17) is 20.4 Å². The molecule has 0 bridgehead atoms. The van der Waals surface area contributed by atoms with E-state index >= 15 is 0 Å². The molecule has 2 saturated heterocycles. The van der Waals surface area contributed by atoms with Crippen LogP contribution in [0.25, 0.3) is 67.2 Å². The molecule has 3 aromatic carbocycles. The number of nitrogens with two attached hydrogens (primary N) is 1. The van der Waals surface area contributed by atoms with Crippen molar-refractivity contribution in [1.29, 1.82) is 0 Å². The smallest absolute Gasteiger partial charge is 0.306 e. The SMILES string of the molecule is Cn1c(-c2cc3cccnc3n2CC2CC2)nc2cc(C(=O)N3CC[C@H](O)[C@@H](CC(=O)OCc4ccccc4)C3)ccc21.Cn1c(-c2cc3cccnc3n2CC2CC2)nc2cc(C(=O)N3CC[C@H](O)[C@@H](N)C3)ccc21. The molecule has 2 amide bonds. The van der Waals surface area contributed by atoms with Crippen molar-refractivity contribution < 1.29 is 29.3 Å². The van der Waals surface area contributed by atoms with Crippen LogP contribution in [-0.2, 0) is 43.3 Å². The molecule has 4 atom stereocenters. The fourth-order valence-corrected chi connectivity index (χ4v) is 11.1. The van der Waals surface area contributed by atoms with E-state index in [1.807, 2.05) is 105 Å². The zero-order chi connectivity index (χ0) is 52.2. The highest BCUT2D eigenvalue weighted by atomic mass is 16.5. The van der Waals surface area contributed by atoms with Crippen LogP contribution in [0.2, 0.25) is 0 Å². The molecule has 4 aliphatic rings. The number of carbonyl (C=O) groups excluding carboxylic acids is 3. The number of aliphatic hydroxyl groups excluding tert-OH is 2. The maximum atomic E-state index is 13.6. The van der Waals surface area contributed by atoms with Crippen molar-refractivity contribution in [3.63, 3.8) is 0 Å². The highest BCUT2D eigenvalue weighted by molar-refractivity contribution is 5.99. The Morgan fingerprint density at radius 2 is 1.13 bits per heavy atom. The molecule has 4 N–H and O–H groups in total. The first-order chi connectivity index (χ1) is 36.9. The maximum absolute atomic E-state index is 13.6. The Kier molecular flexibility index (Phi) is 13.2. The second kappa shape index (κ2) is 20.4. The number of aliphatic hydroxyl groups is 2. The fraction of sp³-hybridized carbons (Fsp3) is 0.373. The Bertz CT molecular complexity index is 3650. The summed E-state index contributed by atoms with van der Waals surface area (Å²) in [6.07, 6.45) is 8.44. The van der Waals surface area contributed by atoms with Gasteiger partial charge in [-0.2, -0.15) is 0 Å². The first-order valence-corrected chi connectivity index (χ1v) is 26.7. The molecule has 17 nitrogen and oxygen atoms in total. The van der Waals surface area contributed by atoms with Crippen LogP contribution in [0.5, 0.6) is 0 Å². The number of aryl methyl sites for hydroxylation is 2. The van der Waals surface area contributed by atoms with Gasteiger partial charge in [0.05, 0.1) is 52.1 Å². The summed E-state index contributed by atoms with van der Waals surface area (Å²) in [5.74, 6) is 2.13. The van der Waals surface area contributed by atoms with Gasteiger partial charge in [-0.3, -0.25) is 14.4 Å². The summed E-state index contributed by atoms with van der Waals surface area (Å²) in [4.78, 5) is 62.0. The molecule has 2 saturated carbocycles. The van der Waals surface area contributed by atoms with E-state index in [-0.39, 0.29) is 36.7 Å².